The molecule has 0 spiro atoms. The Balaban J connectivity index is 1.80. The van der Waals surface area contributed by atoms with Crippen LogP contribution in [0.3, 0.4) is 0 Å². The average molecular weight is 434 g/mol. The van der Waals surface area contributed by atoms with Gasteiger partial charge in [0.15, 0.2) is 0 Å². The van der Waals surface area contributed by atoms with E-state index in [-0.39, 0.29) is 29.9 Å². The molecule has 3 amide bonds. The summed E-state index contributed by atoms with van der Waals surface area (Å²) in [7, 11) is 0. The first-order valence-electron chi connectivity index (χ1n) is 10.7. The summed E-state index contributed by atoms with van der Waals surface area (Å²) in [5.41, 5.74) is 3.54. The van der Waals surface area contributed by atoms with Crippen LogP contribution in [0.4, 0.5) is 11.4 Å². The van der Waals surface area contributed by atoms with Crippen LogP contribution in [0, 0.1) is 6.92 Å². The van der Waals surface area contributed by atoms with Crippen molar-refractivity contribution in [3.63, 3.8) is 0 Å². The van der Waals surface area contributed by atoms with Gasteiger partial charge < -0.3 is 15.0 Å². The largest absolute Gasteiger partial charge is 0.372 e. The molecule has 7 nitrogen and oxygen atoms in total. The molecule has 0 saturated carbocycles. The van der Waals surface area contributed by atoms with Gasteiger partial charge in [-0.2, -0.15) is 0 Å². The fourth-order valence-corrected chi connectivity index (χ4v) is 4.36. The van der Waals surface area contributed by atoms with Gasteiger partial charge in [-0.25, -0.2) is 4.90 Å². The molecule has 0 radical (unpaired) electrons. The third-order valence-corrected chi connectivity index (χ3v) is 5.55. The second kappa shape index (κ2) is 8.59. The molecule has 2 aliphatic heterocycles. The number of imide groups is 1. The first kappa shape index (κ1) is 21.8. The number of rotatable bonds is 4. The summed E-state index contributed by atoms with van der Waals surface area (Å²) in [5.74, 6) is -0.857. The van der Waals surface area contributed by atoms with E-state index in [1.807, 2.05) is 43.9 Å². The third-order valence-electron chi connectivity index (χ3n) is 5.55. The first-order chi connectivity index (χ1) is 15.2. The molecule has 2 atom stereocenters. The number of carbonyl (C=O) groups excluding carboxylic acids is 3. The summed E-state index contributed by atoms with van der Waals surface area (Å²) in [6, 6.07) is 14.4. The second-order valence-electron chi connectivity index (χ2n) is 8.43. The molecule has 0 aromatic heterocycles. The number of morpholine rings is 1. The van der Waals surface area contributed by atoms with E-state index in [1.54, 1.807) is 30.3 Å². The fraction of sp³-hybridized carbons (Fsp3) is 0.320. The summed E-state index contributed by atoms with van der Waals surface area (Å²) in [6.45, 7) is 8.33. The van der Waals surface area contributed by atoms with Gasteiger partial charge in [0, 0.05) is 25.7 Å². The Morgan fingerprint density at radius 3 is 2.25 bits per heavy atom. The van der Waals surface area contributed by atoms with Gasteiger partial charge in [0.1, 0.15) is 5.70 Å². The quantitative estimate of drug-likeness (QED) is 0.748. The van der Waals surface area contributed by atoms with E-state index in [2.05, 4.69) is 5.32 Å². The highest BCUT2D eigenvalue weighted by molar-refractivity contribution is 6.45. The lowest BCUT2D eigenvalue weighted by atomic mass is 10.0. The number of carbonyl (C=O) groups is 3. The van der Waals surface area contributed by atoms with Crippen molar-refractivity contribution in [1.82, 2.24) is 4.90 Å². The van der Waals surface area contributed by atoms with Crippen LogP contribution < -0.4 is 10.2 Å². The molecule has 2 heterocycles. The number of ether oxygens (including phenoxy) is 1. The maximum Gasteiger partial charge on any atom is 0.282 e. The van der Waals surface area contributed by atoms with Crippen LogP contribution in [0.1, 0.15) is 31.9 Å². The van der Waals surface area contributed by atoms with Gasteiger partial charge in [0.05, 0.1) is 23.5 Å². The number of hydrogen-bond acceptors (Lipinski definition) is 5. The zero-order chi connectivity index (χ0) is 23.0. The summed E-state index contributed by atoms with van der Waals surface area (Å²) in [4.78, 5) is 41.8. The van der Waals surface area contributed by atoms with Gasteiger partial charge in [-0.15, -0.1) is 0 Å². The number of anilines is 2. The minimum atomic E-state index is -0.352. The Morgan fingerprint density at radius 1 is 1.00 bits per heavy atom. The van der Waals surface area contributed by atoms with Crippen LogP contribution in [0.5, 0.6) is 0 Å². The Labute approximate surface area is 187 Å². The molecule has 2 aromatic rings. The molecule has 2 aliphatic rings. The number of nitrogens with one attached hydrogen (secondary N) is 1. The van der Waals surface area contributed by atoms with E-state index in [9.17, 15) is 14.4 Å². The minimum Gasteiger partial charge on any atom is -0.372 e. The van der Waals surface area contributed by atoms with Crippen LogP contribution in [0.2, 0.25) is 0 Å². The van der Waals surface area contributed by atoms with Crippen molar-refractivity contribution in [3.8, 4) is 0 Å². The van der Waals surface area contributed by atoms with E-state index in [0.29, 0.717) is 41.3 Å². The number of nitrogens with zero attached hydrogens (tertiary/aromatic N) is 2. The molecule has 1 saturated heterocycles. The second-order valence-corrected chi connectivity index (χ2v) is 8.43. The third kappa shape index (κ3) is 4.16. The van der Waals surface area contributed by atoms with Gasteiger partial charge >= 0.3 is 0 Å². The minimum absolute atomic E-state index is 0.0643. The monoisotopic (exact) mass is 433 g/mol. The number of benzene rings is 2. The van der Waals surface area contributed by atoms with Gasteiger partial charge in [-0.05, 0) is 56.2 Å². The molecular formula is C25H27N3O4. The number of hydrogen-bond donors (Lipinski definition) is 1. The van der Waals surface area contributed by atoms with Gasteiger partial charge in [0.25, 0.3) is 11.8 Å². The Morgan fingerprint density at radius 2 is 1.66 bits per heavy atom. The number of aryl methyl sites for hydroxylation is 1. The molecule has 0 aliphatic carbocycles. The van der Waals surface area contributed by atoms with E-state index in [1.165, 1.54) is 11.8 Å². The van der Waals surface area contributed by atoms with Gasteiger partial charge in [-0.3, -0.25) is 14.4 Å². The lowest BCUT2D eigenvalue weighted by molar-refractivity contribution is -0.121. The predicted molar refractivity (Wildman–Crippen MR) is 123 cm³/mol. The van der Waals surface area contributed by atoms with Crippen LogP contribution in [-0.2, 0) is 19.1 Å². The molecule has 7 heteroatoms. The van der Waals surface area contributed by atoms with Crippen molar-refractivity contribution in [3.05, 3.63) is 65.4 Å². The van der Waals surface area contributed by atoms with Crippen molar-refractivity contribution < 1.29 is 19.1 Å². The Hall–Kier alpha value is -3.45. The zero-order valence-electron chi connectivity index (χ0n) is 18.7. The van der Waals surface area contributed by atoms with Crippen molar-refractivity contribution in [2.45, 2.75) is 39.9 Å². The maximum atomic E-state index is 13.6. The van der Waals surface area contributed by atoms with Crippen LogP contribution >= 0.6 is 0 Å². The van der Waals surface area contributed by atoms with E-state index >= 15 is 0 Å². The summed E-state index contributed by atoms with van der Waals surface area (Å²) < 4.78 is 5.84. The molecular weight excluding hydrogens is 406 g/mol. The van der Waals surface area contributed by atoms with Crippen LogP contribution in [0.15, 0.2) is 54.2 Å². The topological polar surface area (TPSA) is 79.0 Å². The fourth-order valence-electron chi connectivity index (χ4n) is 4.36. The molecule has 32 heavy (non-hydrogen) atoms. The van der Waals surface area contributed by atoms with E-state index in [4.69, 9.17) is 4.74 Å². The molecule has 1 N–H and O–H groups in total. The Kier molecular flexibility index (Phi) is 5.84. The highest BCUT2D eigenvalue weighted by Crippen LogP contribution is 2.36. The number of amides is 3. The molecule has 0 bridgehead atoms. The standard InChI is InChI=1S/C25H27N3O4/c1-15-6-5-7-21(12-15)28-24(30)22(19-8-10-20(11-9-19)26-18(4)29)23(25(28)31)27-13-16(2)32-17(3)14-27/h5-12,16-17H,13-14H2,1-4H3,(H,26,29). The highest BCUT2D eigenvalue weighted by Gasteiger charge is 2.43. The van der Waals surface area contributed by atoms with Gasteiger partial charge in [0.2, 0.25) is 5.91 Å². The zero-order valence-corrected chi connectivity index (χ0v) is 18.7. The summed E-state index contributed by atoms with van der Waals surface area (Å²) >= 11 is 0. The van der Waals surface area contributed by atoms with Crippen molar-refractivity contribution in [2.75, 3.05) is 23.3 Å². The predicted octanol–water partition coefficient (Wildman–Crippen LogP) is 3.35. The normalized spacial score (nSPS) is 21.4. The summed E-state index contributed by atoms with van der Waals surface area (Å²) in [5, 5.41) is 2.73. The van der Waals surface area contributed by atoms with Crippen molar-refractivity contribution in [1.29, 1.82) is 0 Å². The van der Waals surface area contributed by atoms with Crippen molar-refractivity contribution in [2.24, 2.45) is 0 Å². The SMILES string of the molecule is CC(=O)Nc1ccc(C2=C(N3CC(C)OC(C)C3)C(=O)N(c3cccc(C)c3)C2=O)cc1. The lowest BCUT2D eigenvalue weighted by Crippen LogP contribution is -2.47. The molecule has 4 rings (SSSR count). The maximum absolute atomic E-state index is 13.6. The lowest BCUT2D eigenvalue weighted by Gasteiger charge is -2.37. The first-order valence-corrected chi connectivity index (χ1v) is 10.7. The van der Waals surface area contributed by atoms with Crippen molar-refractivity contribution >= 4 is 34.7 Å². The van der Waals surface area contributed by atoms with Gasteiger partial charge in [-0.1, -0.05) is 24.3 Å². The van der Waals surface area contributed by atoms with E-state index < -0.39 is 0 Å². The van der Waals surface area contributed by atoms with Crippen LogP contribution in [-0.4, -0.2) is 47.9 Å². The molecule has 1 fully saturated rings. The molecule has 2 unspecified atom stereocenters. The molecule has 2 aromatic carbocycles. The van der Waals surface area contributed by atoms with Crippen LogP contribution in [0.25, 0.3) is 5.57 Å². The Bertz CT molecular complexity index is 1100. The summed E-state index contributed by atoms with van der Waals surface area (Å²) in [6.07, 6.45) is -0.129. The molecule has 166 valence electrons. The smallest absolute Gasteiger partial charge is 0.282 e. The van der Waals surface area contributed by atoms with E-state index in [0.717, 1.165) is 5.56 Å². The average Bonchev–Trinajstić information content (AvgIpc) is 2.97. The highest BCUT2D eigenvalue weighted by atomic mass is 16.5.